The summed E-state index contributed by atoms with van der Waals surface area (Å²) in [4.78, 5) is 36.5. The quantitative estimate of drug-likeness (QED) is 0.505. The van der Waals surface area contributed by atoms with Crippen LogP contribution in [0.3, 0.4) is 0 Å². The van der Waals surface area contributed by atoms with Crippen molar-refractivity contribution >= 4 is 51.9 Å². The molecule has 0 bridgehead atoms. The van der Waals surface area contributed by atoms with E-state index < -0.39 is 47.6 Å². The molecule has 7 nitrogen and oxygen atoms in total. The highest BCUT2D eigenvalue weighted by atomic mass is 35.5. The second-order valence-corrected chi connectivity index (χ2v) is 7.87. The van der Waals surface area contributed by atoms with Crippen LogP contribution in [0.1, 0.15) is 28.5 Å². The van der Waals surface area contributed by atoms with E-state index in [0.29, 0.717) is 0 Å². The number of aromatic hydroxyl groups is 1. The summed E-state index contributed by atoms with van der Waals surface area (Å²) in [5.41, 5.74) is -0.0846. The molecule has 3 rings (SSSR count). The highest BCUT2D eigenvalue weighted by molar-refractivity contribution is 6.42. The number of nitrogens with one attached hydrogen (secondary N) is 1. The number of aromatic nitrogens is 1. The van der Waals surface area contributed by atoms with Gasteiger partial charge < -0.3 is 15.5 Å². The third kappa shape index (κ3) is 4.13. The van der Waals surface area contributed by atoms with Crippen LogP contribution in [0.2, 0.25) is 10.0 Å². The van der Waals surface area contributed by atoms with Crippen LogP contribution < -0.4 is 5.32 Å². The lowest BCUT2D eigenvalue weighted by molar-refractivity contribution is -0.141. The SMILES string of the molecule is Cc1c(CC(=O)NC(C)C(=O)O)c2c(F)c(O)c(F)cc2n1C(=O)c1ccc(Cl)c(Cl)c1. The third-order valence-electron chi connectivity index (χ3n) is 4.94. The number of benzene rings is 2. The second-order valence-electron chi connectivity index (χ2n) is 7.05. The Kier molecular flexibility index (Phi) is 6.43. The fraction of sp³-hybridized carbons (Fsp3) is 0.190. The van der Waals surface area contributed by atoms with E-state index in [2.05, 4.69) is 5.32 Å². The molecule has 1 aromatic heterocycles. The van der Waals surface area contributed by atoms with Gasteiger partial charge in [-0.1, -0.05) is 23.2 Å². The van der Waals surface area contributed by atoms with Crippen molar-refractivity contribution in [1.82, 2.24) is 9.88 Å². The minimum atomic E-state index is -1.35. The monoisotopic (exact) mass is 484 g/mol. The van der Waals surface area contributed by atoms with Crippen molar-refractivity contribution in [2.24, 2.45) is 0 Å². The topological polar surface area (TPSA) is 109 Å². The van der Waals surface area contributed by atoms with Gasteiger partial charge in [-0.15, -0.1) is 0 Å². The molecular weight excluding hydrogens is 469 g/mol. The van der Waals surface area contributed by atoms with Crippen LogP contribution in [-0.2, 0) is 16.0 Å². The molecule has 3 N–H and O–H groups in total. The van der Waals surface area contributed by atoms with Gasteiger partial charge in [-0.05, 0) is 37.6 Å². The molecule has 0 aliphatic heterocycles. The Hall–Kier alpha value is -3.17. The Morgan fingerprint density at radius 3 is 2.41 bits per heavy atom. The van der Waals surface area contributed by atoms with Crippen molar-refractivity contribution in [1.29, 1.82) is 0 Å². The smallest absolute Gasteiger partial charge is 0.325 e. The van der Waals surface area contributed by atoms with Crippen LogP contribution in [0.15, 0.2) is 24.3 Å². The van der Waals surface area contributed by atoms with Gasteiger partial charge in [0.25, 0.3) is 5.91 Å². The summed E-state index contributed by atoms with van der Waals surface area (Å²) in [6.45, 7) is 2.65. The van der Waals surface area contributed by atoms with Crippen molar-refractivity contribution in [3.63, 3.8) is 0 Å². The second kappa shape index (κ2) is 8.76. The summed E-state index contributed by atoms with van der Waals surface area (Å²) in [5, 5.41) is 20.9. The molecule has 0 spiro atoms. The van der Waals surface area contributed by atoms with E-state index in [9.17, 15) is 28.3 Å². The normalized spacial score (nSPS) is 12.1. The zero-order valence-corrected chi connectivity index (χ0v) is 18.2. The van der Waals surface area contributed by atoms with E-state index in [1.165, 1.54) is 32.0 Å². The maximum absolute atomic E-state index is 14.9. The number of carbonyl (C=O) groups excluding carboxylic acids is 2. The molecule has 1 heterocycles. The van der Waals surface area contributed by atoms with Crippen LogP contribution in [0.5, 0.6) is 5.75 Å². The molecule has 0 aliphatic rings. The molecule has 2 aromatic carbocycles. The number of fused-ring (bicyclic) bond motifs is 1. The van der Waals surface area contributed by atoms with E-state index in [4.69, 9.17) is 28.3 Å². The number of halogens is 4. The number of hydrogen-bond acceptors (Lipinski definition) is 4. The first-order valence-corrected chi connectivity index (χ1v) is 9.92. The number of phenolic OH excluding ortho intramolecular Hbond substituents is 1. The maximum Gasteiger partial charge on any atom is 0.325 e. The lowest BCUT2D eigenvalue weighted by Crippen LogP contribution is -2.39. The number of carboxylic acids is 1. The highest BCUT2D eigenvalue weighted by Gasteiger charge is 2.27. The van der Waals surface area contributed by atoms with Gasteiger partial charge in [0.1, 0.15) is 6.04 Å². The fourth-order valence-corrected chi connectivity index (χ4v) is 3.61. The molecule has 0 saturated heterocycles. The van der Waals surface area contributed by atoms with Crippen LogP contribution >= 0.6 is 23.2 Å². The first kappa shape index (κ1) is 23.5. The largest absolute Gasteiger partial charge is 0.503 e. The van der Waals surface area contributed by atoms with Crippen molar-refractivity contribution in [2.75, 3.05) is 0 Å². The molecule has 168 valence electrons. The Bertz CT molecular complexity index is 1290. The number of aliphatic carboxylic acids is 1. The van der Waals surface area contributed by atoms with Crippen LogP contribution in [0.4, 0.5) is 8.78 Å². The Labute approximate surface area is 190 Å². The molecule has 3 aromatic rings. The maximum atomic E-state index is 14.9. The molecule has 0 aliphatic carbocycles. The van der Waals surface area contributed by atoms with Gasteiger partial charge >= 0.3 is 5.97 Å². The molecular formula is C21H16Cl2F2N2O5. The van der Waals surface area contributed by atoms with Crippen molar-refractivity contribution in [2.45, 2.75) is 26.3 Å². The fourth-order valence-electron chi connectivity index (χ4n) is 3.31. The average Bonchev–Trinajstić information content (AvgIpc) is 2.98. The van der Waals surface area contributed by atoms with Crippen LogP contribution in [-0.4, -0.2) is 38.6 Å². The van der Waals surface area contributed by atoms with E-state index in [1.807, 2.05) is 0 Å². The van der Waals surface area contributed by atoms with Gasteiger partial charge in [0, 0.05) is 22.7 Å². The Morgan fingerprint density at radius 1 is 1.16 bits per heavy atom. The molecule has 32 heavy (non-hydrogen) atoms. The average molecular weight is 485 g/mol. The predicted octanol–water partition coefficient (Wildman–Crippen LogP) is 4.06. The summed E-state index contributed by atoms with van der Waals surface area (Å²) in [7, 11) is 0. The van der Waals surface area contributed by atoms with E-state index >= 15 is 0 Å². The van der Waals surface area contributed by atoms with E-state index in [-0.39, 0.29) is 37.8 Å². The predicted molar refractivity (Wildman–Crippen MR) is 113 cm³/mol. The lowest BCUT2D eigenvalue weighted by Gasteiger charge is -2.10. The zero-order valence-electron chi connectivity index (χ0n) is 16.7. The number of rotatable bonds is 5. The molecule has 0 saturated carbocycles. The summed E-state index contributed by atoms with van der Waals surface area (Å²) < 4.78 is 30.0. The van der Waals surface area contributed by atoms with Crippen molar-refractivity contribution in [3.05, 3.63) is 62.8 Å². The Balaban J connectivity index is 2.20. The molecule has 1 unspecified atom stereocenters. The third-order valence-corrected chi connectivity index (χ3v) is 5.68. The van der Waals surface area contributed by atoms with Gasteiger partial charge in [0.2, 0.25) is 5.91 Å². The number of phenols is 1. The summed E-state index contributed by atoms with van der Waals surface area (Å²) in [6, 6.07) is 3.59. The van der Waals surface area contributed by atoms with Gasteiger partial charge in [-0.25, -0.2) is 8.78 Å². The minimum Gasteiger partial charge on any atom is -0.503 e. The van der Waals surface area contributed by atoms with E-state index in [0.717, 1.165) is 10.6 Å². The van der Waals surface area contributed by atoms with Gasteiger partial charge in [0.15, 0.2) is 17.4 Å². The minimum absolute atomic E-state index is 0.0173. The highest BCUT2D eigenvalue weighted by Crippen LogP contribution is 2.36. The molecule has 1 amide bonds. The number of hydrogen-bond donors (Lipinski definition) is 3. The van der Waals surface area contributed by atoms with Crippen molar-refractivity contribution < 1.29 is 33.4 Å². The van der Waals surface area contributed by atoms with Gasteiger partial charge in [-0.3, -0.25) is 19.0 Å². The lowest BCUT2D eigenvalue weighted by atomic mass is 10.1. The Morgan fingerprint density at radius 2 is 1.81 bits per heavy atom. The summed E-state index contributed by atoms with van der Waals surface area (Å²) >= 11 is 11.9. The van der Waals surface area contributed by atoms with Crippen LogP contribution in [0, 0.1) is 18.6 Å². The number of carbonyl (C=O) groups is 3. The summed E-state index contributed by atoms with van der Waals surface area (Å²) in [6.07, 6.45) is -0.524. The molecule has 1 atom stereocenters. The van der Waals surface area contributed by atoms with Gasteiger partial charge in [-0.2, -0.15) is 0 Å². The zero-order chi connectivity index (χ0) is 23.9. The van der Waals surface area contributed by atoms with E-state index in [1.54, 1.807) is 0 Å². The number of carboxylic acid groups (broad SMARTS) is 1. The molecule has 0 fully saturated rings. The first-order chi connectivity index (χ1) is 14.9. The number of amides is 1. The van der Waals surface area contributed by atoms with Crippen molar-refractivity contribution in [3.8, 4) is 5.75 Å². The van der Waals surface area contributed by atoms with Crippen LogP contribution in [0.25, 0.3) is 10.9 Å². The summed E-state index contributed by atoms with van der Waals surface area (Å²) in [5.74, 6) is -6.67. The van der Waals surface area contributed by atoms with Gasteiger partial charge in [0.05, 0.1) is 22.0 Å². The molecule has 11 heteroatoms. The molecule has 0 radical (unpaired) electrons. The first-order valence-electron chi connectivity index (χ1n) is 9.16. The standard InChI is InChI=1S/C21H16Cl2F2N2O5/c1-8(21(31)32)26-16(28)6-11-9(2)27(15-7-14(24)19(29)18(25)17(11)15)20(30)10-3-4-12(22)13(23)5-10/h3-5,7-8,29H,6H2,1-2H3,(H,26,28)(H,31,32). The number of nitrogens with zero attached hydrogens (tertiary/aromatic N) is 1.